The molecule has 19 heavy (non-hydrogen) atoms. The second-order valence-corrected chi connectivity index (χ2v) is 5.09. The standard InChI is InChI=1S/C16H19N3/c1-17-9-5-10-19-15-7-4-3-6-13(15)14-12-18(2)11-8-16(14)19/h3-7,10H,1,8-9,11-12H2,2H3/b10-5+. The van der Waals surface area contributed by atoms with E-state index in [9.17, 15) is 0 Å². The Kier molecular flexibility index (Phi) is 3.22. The first kappa shape index (κ1) is 12.2. The first-order valence-corrected chi connectivity index (χ1v) is 6.69. The number of nitrogens with zero attached hydrogens (tertiary/aromatic N) is 3. The fraction of sp³-hybridized carbons (Fsp3) is 0.312. The van der Waals surface area contributed by atoms with E-state index >= 15 is 0 Å². The summed E-state index contributed by atoms with van der Waals surface area (Å²) in [4.78, 5) is 6.26. The molecule has 0 saturated heterocycles. The number of para-hydroxylation sites is 1. The molecule has 98 valence electrons. The molecular weight excluding hydrogens is 234 g/mol. The van der Waals surface area contributed by atoms with Crippen LogP contribution in [-0.2, 0) is 13.0 Å². The van der Waals surface area contributed by atoms with Crippen molar-refractivity contribution in [3.8, 4) is 0 Å². The van der Waals surface area contributed by atoms with Crippen molar-refractivity contribution in [1.82, 2.24) is 9.47 Å². The van der Waals surface area contributed by atoms with Crippen LogP contribution in [-0.4, -0.2) is 36.3 Å². The maximum absolute atomic E-state index is 3.88. The highest BCUT2D eigenvalue weighted by Gasteiger charge is 2.20. The van der Waals surface area contributed by atoms with Crippen molar-refractivity contribution in [2.45, 2.75) is 13.0 Å². The molecule has 0 atom stereocenters. The van der Waals surface area contributed by atoms with E-state index in [0.717, 1.165) is 19.5 Å². The second kappa shape index (κ2) is 5.02. The van der Waals surface area contributed by atoms with E-state index in [1.54, 1.807) is 0 Å². The van der Waals surface area contributed by atoms with Crippen molar-refractivity contribution in [2.24, 2.45) is 4.99 Å². The van der Waals surface area contributed by atoms with Gasteiger partial charge in [0, 0.05) is 36.8 Å². The molecule has 2 aromatic rings. The molecule has 1 aromatic carbocycles. The van der Waals surface area contributed by atoms with E-state index in [-0.39, 0.29) is 0 Å². The summed E-state index contributed by atoms with van der Waals surface area (Å²) in [6.45, 7) is 6.35. The van der Waals surface area contributed by atoms with Crippen LogP contribution in [0, 0.1) is 0 Å². The van der Waals surface area contributed by atoms with Gasteiger partial charge in [0.05, 0.1) is 12.1 Å². The quantitative estimate of drug-likeness (QED) is 0.770. The van der Waals surface area contributed by atoms with Gasteiger partial charge in [-0.05, 0) is 31.5 Å². The zero-order chi connectivity index (χ0) is 13.2. The lowest BCUT2D eigenvalue weighted by molar-refractivity contribution is 0.312. The van der Waals surface area contributed by atoms with Gasteiger partial charge in [0.2, 0.25) is 0 Å². The van der Waals surface area contributed by atoms with E-state index in [4.69, 9.17) is 0 Å². The van der Waals surface area contributed by atoms with E-state index in [1.807, 2.05) is 0 Å². The lowest BCUT2D eigenvalue weighted by atomic mass is 10.1. The normalized spacial score (nSPS) is 16.1. The molecule has 0 amide bonds. The molecule has 2 heterocycles. The maximum atomic E-state index is 3.88. The van der Waals surface area contributed by atoms with Gasteiger partial charge in [-0.3, -0.25) is 4.99 Å². The summed E-state index contributed by atoms with van der Waals surface area (Å²) in [5.41, 5.74) is 4.21. The van der Waals surface area contributed by atoms with Crippen molar-refractivity contribution in [1.29, 1.82) is 0 Å². The van der Waals surface area contributed by atoms with E-state index in [1.165, 1.54) is 22.2 Å². The predicted octanol–water partition coefficient (Wildman–Crippen LogP) is 2.80. The summed E-state index contributed by atoms with van der Waals surface area (Å²) in [7, 11) is 2.19. The second-order valence-electron chi connectivity index (χ2n) is 5.09. The number of aromatic nitrogens is 1. The number of rotatable bonds is 3. The number of fused-ring (bicyclic) bond motifs is 3. The zero-order valence-electron chi connectivity index (χ0n) is 11.3. The maximum Gasteiger partial charge on any atom is 0.0580 e. The highest BCUT2D eigenvalue weighted by Crippen LogP contribution is 2.30. The molecule has 0 spiro atoms. The van der Waals surface area contributed by atoms with Gasteiger partial charge >= 0.3 is 0 Å². The first-order chi connectivity index (χ1) is 9.31. The van der Waals surface area contributed by atoms with E-state index in [0.29, 0.717) is 6.54 Å². The Labute approximate surface area is 113 Å². The predicted molar refractivity (Wildman–Crippen MR) is 81.7 cm³/mol. The topological polar surface area (TPSA) is 20.5 Å². The molecule has 0 fully saturated rings. The average molecular weight is 253 g/mol. The highest BCUT2D eigenvalue weighted by molar-refractivity contribution is 5.87. The van der Waals surface area contributed by atoms with Gasteiger partial charge in [0.25, 0.3) is 0 Å². The van der Waals surface area contributed by atoms with Crippen LogP contribution >= 0.6 is 0 Å². The molecule has 1 aliphatic rings. The summed E-state index contributed by atoms with van der Waals surface area (Å²) < 4.78 is 2.32. The highest BCUT2D eigenvalue weighted by atomic mass is 15.1. The lowest BCUT2D eigenvalue weighted by Crippen LogP contribution is -2.26. The number of hydrogen-bond donors (Lipinski definition) is 0. The molecule has 0 unspecified atom stereocenters. The number of aliphatic imine (C=N–C) groups is 1. The van der Waals surface area contributed by atoms with E-state index < -0.39 is 0 Å². The Bertz CT molecular complexity index is 637. The van der Waals surface area contributed by atoms with Crippen LogP contribution in [0.1, 0.15) is 11.3 Å². The zero-order valence-corrected chi connectivity index (χ0v) is 11.3. The Morgan fingerprint density at radius 2 is 2.21 bits per heavy atom. The van der Waals surface area contributed by atoms with E-state index in [2.05, 4.69) is 64.8 Å². The van der Waals surface area contributed by atoms with Gasteiger partial charge < -0.3 is 9.47 Å². The van der Waals surface area contributed by atoms with Crippen LogP contribution in [0.2, 0.25) is 0 Å². The largest absolute Gasteiger partial charge is 0.320 e. The van der Waals surface area contributed by atoms with Gasteiger partial charge in [-0.2, -0.15) is 0 Å². The molecule has 1 aromatic heterocycles. The SMILES string of the molecule is C=NC/C=C/n1c2c(c3ccccc31)CN(C)CC2. The van der Waals surface area contributed by atoms with Crippen molar-refractivity contribution in [2.75, 3.05) is 20.1 Å². The third kappa shape index (κ3) is 2.10. The van der Waals surface area contributed by atoms with Crippen molar-refractivity contribution in [3.63, 3.8) is 0 Å². The molecule has 3 heteroatoms. The number of benzene rings is 1. The molecule has 0 aliphatic carbocycles. The van der Waals surface area contributed by atoms with Crippen LogP contribution in [0.5, 0.6) is 0 Å². The minimum absolute atomic E-state index is 0.668. The van der Waals surface area contributed by atoms with Crippen LogP contribution < -0.4 is 0 Å². The summed E-state index contributed by atoms with van der Waals surface area (Å²) in [5.74, 6) is 0. The fourth-order valence-corrected chi connectivity index (χ4v) is 2.88. The first-order valence-electron chi connectivity index (χ1n) is 6.69. The third-order valence-corrected chi connectivity index (χ3v) is 3.78. The molecule has 0 saturated carbocycles. The van der Waals surface area contributed by atoms with Gasteiger partial charge in [-0.1, -0.05) is 18.2 Å². The monoisotopic (exact) mass is 253 g/mol. The Morgan fingerprint density at radius 3 is 3.05 bits per heavy atom. The Hall–Kier alpha value is -1.87. The summed E-state index contributed by atoms with van der Waals surface area (Å²) in [6.07, 6.45) is 5.31. The van der Waals surface area contributed by atoms with Crippen LogP contribution in [0.15, 0.2) is 35.3 Å². The molecule has 0 bridgehead atoms. The molecule has 1 aliphatic heterocycles. The smallest absolute Gasteiger partial charge is 0.0580 e. The Morgan fingerprint density at radius 1 is 1.37 bits per heavy atom. The van der Waals surface area contributed by atoms with Crippen molar-refractivity contribution < 1.29 is 0 Å². The van der Waals surface area contributed by atoms with Crippen LogP contribution in [0.4, 0.5) is 0 Å². The average Bonchev–Trinajstić information content (AvgIpc) is 2.73. The molecule has 0 radical (unpaired) electrons. The minimum atomic E-state index is 0.668. The van der Waals surface area contributed by atoms with Crippen LogP contribution in [0.25, 0.3) is 17.1 Å². The number of likely N-dealkylation sites (N-methyl/N-ethyl adjacent to an activating group) is 1. The van der Waals surface area contributed by atoms with Crippen LogP contribution in [0.3, 0.4) is 0 Å². The summed E-state index contributed by atoms with van der Waals surface area (Å²) >= 11 is 0. The van der Waals surface area contributed by atoms with Crippen molar-refractivity contribution >= 4 is 23.8 Å². The van der Waals surface area contributed by atoms with Gasteiger partial charge in [-0.15, -0.1) is 0 Å². The summed E-state index contributed by atoms with van der Waals surface area (Å²) in [5, 5.41) is 1.38. The molecule has 3 rings (SSSR count). The summed E-state index contributed by atoms with van der Waals surface area (Å²) in [6, 6.07) is 8.65. The molecule has 0 N–H and O–H groups in total. The third-order valence-electron chi connectivity index (χ3n) is 3.78. The van der Waals surface area contributed by atoms with Gasteiger partial charge in [0.1, 0.15) is 0 Å². The number of hydrogen-bond acceptors (Lipinski definition) is 2. The van der Waals surface area contributed by atoms with Gasteiger partial charge in [-0.25, -0.2) is 0 Å². The molecular formula is C16H19N3. The Balaban J connectivity index is 2.17. The van der Waals surface area contributed by atoms with Crippen molar-refractivity contribution in [3.05, 3.63) is 41.6 Å². The fourth-order valence-electron chi connectivity index (χ4n) is 2.88. The lowest BCUT2D eigenvalue weighted by Gasteiger charge is -2.23. The molecule has 3 nitrogen and oxygen atoms in total. The van der Waals surface area contributed by atoms with Gasteiger partial charge in [0.15, 0.2) is 0 Å². The minimum Gasteiger partial charge on any atom is -0.320 e.